The van der Waals surface area contributed by atoms with Crippen molar-refractivity contribution < 1.29 is 9.59 Å². The maximum absolute atomic E-state index is 12.1. The molecule has 5 heteroatoms. The lowest BCUT2D eigenvalue weighted by molar-refractivity contribution is -0.128. The highest BCUT2D eigenvalue weighted by Crippen LogP contribution is 2.13. The smallest absolute Gasteiger partial charge is 0.324 e. The summed E-state index contributed by atoms with van der Waals surface area (Å²) in [5.74, 6) is 0.170. The van der Waals surface area contributed by atoms with Crippen LogP contribution < -0.4 is 10.6 Å². The van der Waals surface area contributed by atoms with Gasteiger partial charge in [0.1, 0.15) is 6.04 Å². The van der Waals surface area contributed by atoms with E-state index in [0.29, 0.717) is 6.54 Å². The number of urea groups is 1. The van der Waals surface area contributed by atoms with Gasteiger partial charge in [-0.05, 0) is 39.7 Å². The summed E-state index contributed by atoms with van der Waals surface area (Å²) in [4.78, 5) is 25.2. The van der Waals surface area contributed by atoms with E-state index in [1.807, 2.05) is 13.8 Å². The molecule has 19 heavy (non-hydrogen) atoms. The van der Waals surface area contributed by atoms with Crippen molar-refractivity contribution in [2.75, 3.05) is 13.1 Å². The summed E-state index contributed by atoms with van der Waals surface area (Å²) in [6.07, 6.45) is 1.61. The first-order chi connectivity index (χ1) is 8.74. The Kier molecular flexibility index (Phi) is 5.35. The Hall–Kier alpha value is -1.10. The number of hydrogen-bond donors (Lipinski definition) is 2. The van der Waals surface area contributed by atoms with Gasteiger partial charge in [-0.3, -0.25) is 9.69 Å². The predicted octanol–water partition coefficient (Wildman–Crippen LogP) is 1.73. The van der Waals surface area contributed by atoms with Gasteiger partial charge in [-0.15, -0.1) is 0 Å². The van der Waals surface area contributed by atoms with E-state index in [2.05, 4.69) is 31.4 Å². The minimum atomic E-state index is -0.319. The van der Waals surface area contributed by atoms with Gasteiger partial charge >= 0.3 is 6.03 Å². The third-order valence-corrected chi connectivity index (χ3v) is 3.16. The highest BCUT2D eigenvalue weighted by molar-refractivity contribution is 6.04. The largest absolute Gasteiger partial charge is 0.326 e. The van der Waals surface area contributed by atoms with Crippen molar-refractivity contribution in [1.82, 2.24) is 15.5 Å². The van der Waals surface area contributed by atoms with E-state index < -0.39 is 0 Å². The highest BCUT2D eigenvalue weighted by Gasteiger charge is 2.37. The molecule has 1 aliphatic rings. The van der Waals surface area contributed by atoms with Crippen LogP contribution in [0.2, 0.25) is 0 Å². The zero-order chi connectivity index (χ0) is 14.6. The Bertz CT molecular complexity index is 336. The molecule has 0 radical (unpaired) electrons. The normalized spacial score (nSPS) is 21.7. The van der Waals surface area contributed by atoms with Gasteiger partial charge in [-0.1, -0.05) is 20.3 Å². The van der Waals surface area contributed by atoms with E-state index in [-0.39, 0.29) is 29.4 Å². The lowest BCUT2D eigenvalue weighted by Crippen LogP contribution is -2.43. The molecule has 0 aromatic carbocycles. The second-order valence-corrected chi connectivity index (χ2v) is 6.48. The summed E-state index contributed by atoms with van der Waals surface area (Å²) in [7, 11) is 0. The Balaban J connectivity index is 2.48. The maximum Gasteiger partial charge on any atom is 0.324 e. The van der Waals surface area contributed by atoms with Gasteiger partial charge in [0.25, 0.3) is 5.91 Å². The number of imide groups is 1. The second kappa shape index (κ2) is 6.37. The second-order valence-electron chi connectivity index (χ2n) is 6.48. The third kappa shape index (κ3) is 4.82. The minimum absolute atomic E-state index is 0.0519. The number of amides is 3. The first kappa shape index (κ1) is 16.0. The van der Waals surface area contributed by atoms with E-state index in [9.17, 15) is 9.59 Å². The van der Waals surface area contributed by atoms with Crippen LogP contribution >= 0.6 is 0 Å². The molecule has 110 valence electrons. The van der Waals surface area contributed by atoms with Crippen LogP contribution in [0.15, 0.2) is 0 Å². The molecule has 5 nitrogen and oxygen atoms in total. The van der Waals surface area contributed by atoms with Crippen molar-refractivity contribution in [2.24, 2.45) is 5.92 Å². The average Bonchev–Trinajstić information content (AvgIpc) is 2.54. The summed E-state index contributed by atoms with van der Waals surface area (Å²) < 4.78 is 0. The maximum atomic E-state index is 12.1. The number of nitrogens with zero attached hydrogens (tertiary/aromatic N) is 1. The van der Waals surface area contributed by atoms with E-state index in [0.717, 1.165) is 19.4 Å². The quantitative estimate of drug-likeness (QED) is 0.722. The van der Waals surface area contributed by atoms with Crippen LogP contribution in [0.1, 0.15) is 47.5 Å². The average molecular weight is 269 g/mol. The molecule has 1 aliphatic heterocycles. The number of carbonyl (C=O) groups excluding carboxylic acids is 2. The molecule has 0 aromatic rings. The minimum Gasteiger partial charge on any atom is -0.326 e. The highest BCUT2D eigenvalue weighted by atomic mass is 16.2. The third-order valence-electron chi connectivity index (χ3n) is 3.16. The molecule has 2 N–H and O–H groups in total. The molecule has 0 saturated carbocycles. The van der Waals surface area contributed by atoms with Crippen LogP contribution in [-0.4, -0.2) is 41.5 Å². The Morgan fingerprint density at radius 2 is 2.00 bits per heavy atom. The topological polar surface area (TPSA) is 61.4 Å². The number of carbonyl (C=O) groups is 2. The van der Waals surface area contributed by atoms with Gasteiger partial charge in [0.2, 0.25) is 0 Å². The van der Waals surface area contributed by atoms with Crippen LogP contribution in [0.3, 0.4) is 0 Å². The standard InChI is InChI=1S/C14H27N3O2/c1-6-7-11-12(18)17(13(19)16-11)9-10(2)8-15-14(3,4)5/h10-11,15H,6-9H2,1-5H3,(H,16,19). The summed E-state index contributed by atoms with van der Waals surface area (Å²) in [5.41, 5.74) is 0.0519. The molecular weight excluding hydrogens is 242 g/mol. The summed E-state index contributed by atoms with van der Waals surface area (Å²) >= 11 is 0. The van der Waals surface area contributed by atoms with Crippen LogP contribution in [0.4, 0.5) is 4.79 Å². The van der Waals surface area contributed by atoms with Gasteiger partial charge in [0.05, 0.1) is 0 Å². The molecule has 0 aromatic heterocycles. The first-order valence-electron chi connectivity index (χ1n) is 7.11. The summed E-state index contributed by atoms with van der Waals surface area (Å²) in [6, 6.07) is -0.564. The molecule has 1 rings (SSSR count). The predicted molar refractivity (Wildman–Crippen MR) is 75.9 cm³/mol. The van der Waals surface area contributed by atoms with Crippen molar-refractivity contribution >= 4 is 11.9 Å². The van der Waals surface area contributed by atoms with Crippen molar-refractivity contribution in [3.8, 4) is 0 Å². The Morgan fingerprint density at radius 3 is 2.53 bits per heavy atom. The fourth-order valence-corrected chi connectivity index (χ4v) is 2.09. The monoisotopic (exact) mass is 269 g/mol. The molecule has 1 fully saturated rings. The van der Waals surface area contributed by atoms with Crippen LogP contribution in [-0.2, 0) is 4.79 Å². The summed E-state index contributed by atoms with van der Waals surface area (Å²) in [6.45, 7) is 11.6. The van der Waals surface area contributed by atoms with Crippen LogP contribution in [0.25, 0.3) is 0 Å². The van der Waals surface area contributed by atoms with Gasteiger partial charge in [0.15, 0.2) is 0 Å². The van der Waals surface area contributed by atoms with Crippen molar-refractivity contribution in [1.29, 1.82) is 0 Å². The molecule has 3 amide bonds. The molecule has 1 saturated heterocycles. The van der Waals surface area contributed by atoms with E-state index in [4.69, 9.17) is 0 Å². The van der Waals surface area contributed by atoms with E-state index >= 15 is 0 Å². The molecule has 0 bridgehead atoms. The number of rotatable bonds is 6. The van der Waals surface area contributed by atoms with E-state index in [1.54, 1.807) is 0 Å². The zero-order valence-corrected chi connectivity index (χ0v) is 12.7. The molecule has 2 unspecified atom stereocenters. The van der Waals surface area contributed by atoms with Gasteiger partial charge < -0.3 is 10.6 Å². The fraction of sp³-hybridized carbons (Fsp3) is 0.857. The fourth-order valence-electron chi connectivity index (χ4n) is 2.09. The summed E-state index contributed by atoms with van der Waals surface area (Å²) in [5, 5.41) is 6.14. The van der Waals surface area contributed by atoms with Gasteiger partial charge in [-0.2, -0.15) is 0 Å². The van der Waals surface area contributed by atoms with Crippen molar-refractivity contribution in [3.05, 3.63) is 0 Å². The van der Waals surface area contributed by atoms with Gasteiger partial charge in [0, 0.05) is 12.1 Å². The van der Waals surface area contributed by atoms with Gasteiger partial charge in [-0.25, -0.2) is 4.79 Å². The molecule has 1 heterocycles. The molecule has 0 spiro atoms. The van der Waals surface area contributed by atoms with E-state index in [1.165, 1.54) is 4.90 Å². The molecule has 0 aliphatic carbocycles. The number of nitrogens with one attached hydrogen (secondary N) is 2. The Labute approximate surface area is 116 Å². The van der Waals surface area contributed by atoms with Crippen molar-refractivity contribution in [2.45, 2.75) is 59.0 Å². The molecular formula is C14H27N3O2. The SMILES string of the molecule is CCCC1NC(=O)N(CC(C)CNC(C)(C)C)C1=O. The van der Waals surface area contributed by atoms with Crippen LogP contribution in [0, 0.1) is 5.92 Å². The van der Waals surface area contributed by atoms with Crippen molar-refractivity contribution in [3.63, 3.8) is 0 Å². The lowest BCUT2D eigenvalue weighted by atomic mass is 10.1. The Morgan fingerprint density at radius 1 is 1.37 bits per heavy atom. The molecule has 2 atom stereocenters. The zero-order valence-electron chi connectivity index (χ0n) is 12.7. The number of hydrogen-bond acceptors (Lipinski definition) is 3. The van der Waals surface area contributed by atoms with Crippen LogP contribution in [0.5, 0.6) is 0 Å². The first-order valence-corrected chi connectivity index (χ1v) is 7.11. The lowest BCUT2D eigenvalue weighted by Gasteiger charge is -2.25.